The Hall–Kier alpha value is -2.48. The number of carboxylic acids is 3. The van der Waals surface area contributed by atoms with Crippen LogP contribution in [0.2, 0.25) is 0 Å². The van der Waals surface area contributed by atoms with Gasteiger partial charge in [0.15, 0.2) is 6.29 Å². The minimum Gasteiger partial charge on any atom is -0.480 e. The SMILES string of the molecule is O=C(O)CNCCN(CCN(CC(=O)O)CC(=O)NCCNCC1O[C@H](O)C(O)C(O)[C@@H]1O)CC(=O)O. The molecule has 17 heteroatoms. The number of nitrogens with zero attached hydrogens (tertiary/aromatic N) is 2. The van der Waals surface area contributed by atoms with Crippen LogP contribution in [0.15, 0.2) is 0 Å². The first-order valence-electron chi connectivity index (χ1n) is 11.6. The molecule has 37 heavy (non-hydrogen) atoms. The first-order valence-corrected chi connectivity index (χ1v) is 11.6. The van der Waals surface area contributed by atoms with Crippen LogP contribution in [0.1, 0.15) is 0 Å². The number of carboxylic acid groups (broad SMARTS) is 3. The van der Waals surface area contributed by atoms with Crippen molar-refractivity contribution in [2.45, 2.75) is 30.7 Å². The lowest BCUT2D eigenvalue weighted by Crippen LogP contribution is -2.59. The highest BCUT2D eigenvalue weighted by Crippen LogP contribution is 2.19. The van der Waals surface area contributed by atoms with Gasteiger partial charge < -0.3 is 56.4 Å². The van der Waals surface area contributed by atoms with Crippen LogP contribution in [0.5, 0.6) is 0 Å². The molecule has 1 amide bonds. The molecule has 1 fully saturated rings. The van der Waals surface area contributed by atoms with E-state index in [2.05, 4.69) is 16.0 Å². The van der Waals surface area contributed by atoms with E-state index in [0.29, 0.717) is 0 Å². The minimum absolute atomic E-state index is 0.00372. The Morgan fingerprint density at radius 1 is 0.676 bits per heavy atom. The maximum absolute atomic E-state index is 12.3. The highest BCUT2D eigenvalue weighted by Gasteiger charge is 2.42. The van der Waals surface area contributed by atoms with Crippen molar-refractivity contribution < 1.29 is 59.7 Å². The Labute approximate surface area is 212 Å². The van der Waals surface area contributed by atoms with Crippen molar-refractivity contribution in [1.82, 2.24) is 25.8 Å². The van der Waals surface area contributed by atoms with Gasteiger partial charge in [0.05, 0.1) is 26.2 Å². The number of aliphatic hydroxyl groups is 4. The number of carbonyl (C=O) groups is 4. The quantitative estimate of drug-likeness (QED) is 0.0685. The van der Waals surface area contributed by atoms with E-state index in [9.17, 15) is 39.6 Å². The van der Waals surface area contributed by atoms with Gasteiger partial charge in [-0.25, -0.2) is 0 Å². The van der Waals surface area contributed by atoms with Gasteiger partial charge in [0.25, 0.3) is 0 Å². The van der Waals surface area contributed by atoms with Crippen molar-refractivity contribution in [2.75, 3.05) is 72.0 Å². The molecule has 1 aliphatic heterocycles. The smallest absolute Gasteiger partial charge is 0.317 e. The third kappa shape index (κ3) is 13.6. The van der Waals surface area contributed by atoms with Crippen LogP contribution in [-0.2, 0) is 23.9 Å². The number of hydrogen-bond donors (Lipinski definition) is 10. The Kier molecular flexibility index (Phi) is 15.0. The van der Waals surface area contributed by atoms with Crippen molar-refractivity contribution in [1.29, 1.82) is 0 Å². The van der Waals surface area contributed by atoms with E-state index in [4.69, 9.17) is 20.1 Å². The number of aliphatic carboxylic acids is 3. The average molecular weight is 540 g/mol. The molecule has 0 aromatic heterocycles. The highest BCUT2D eigenvalue weighted by molar-refractivity contribution is 5.79. The highest BCUT2D eigenvalue weighted by atomic mass is 16.6. The van der Waals surface area contributed by atoms with Crippen LogP contribution in [0, 0.1) is 0 Å². The van der Waals surface area contributed by atoms with E-state index in [1.54, 1.807) is 0 Å². The second-order valence-corrected chi connectivity index (χ2v) is 8.44. The lowest BCUT2D eigenvalue weighted by molar-refractivity contribution is -0.280. The van der Waals surface area contributed by atoms with E-state index >= 15 is 0 Å². The second kappa shape index (κ2) is 17.1. The molecule has 10 N–H and O–H groups in total. The summed E-state index contributed by atoms with van der Waals surface area (Å²) in [4.78, 5) is 47.9. The summed E-state index contributed by atoms with van der Waals surface area (Å²) in [7, 11) is 0. The van der Waals surface area contributed by atoms with E-state index in [1.807, 2.05) is 0 Å². The molecule has 0 bridgehead atoms. The fraction of sp³-hybridized carbons (Fsp3) is 0.800. The number of ether oxygens (including phenoxy) is 1. The van der Waals surface area contributed by atoms with Crippen molar-refractivity contribution in [3.8, 4) is 0 Å². The summed E-state index contributed by atoms with van der Waals surface area (Å²) in [6.45, 7) is -0.442. The fourth-order valence-corrected chi connectivity index (χ4v) is 3.48. The first-order chi connectivity index (χ1) is 17.4. The number of rotatable bonds is 19. The van der Waals surface area contributed by atoms with Crippen molar-refractivity contribution >= 4 is 23.8 Å². The Bertz CT molecular complexity index is 745. The van der Waals surface area contributed by atoms with Crippen molar-refractivity contribution in [3.05, 3.63) is 0 Å². The van der Waals surface area contributed by atoms with Gasteiger partial charge in [0, 0.05) is 45.8 Å². The molecule has 0 radical (unpaired) electrons. The van der Waals surface area contributed by atoms with Gasteiger partial charge in [-0.1, -0.05) is 0 Å². The molecule has 1 rings (SSSR count). The van der Waals surface area contributed by atoms with Crippen LogP contribution < -0.4 is 16.0 Å². The zero-order valence-electron chi connectivity index (χ0n) is 20.2. The summed E-state index contributed by atoms with van der Waals surface area (Å²) >= 11 is 0. The average Bonchev–Trinajstić information content (AvgIpc) is 2.80. The Morgan fingerprint density at radius 2 is 1.30 bits per heavy atom. The molecule has 1 heterocycles. The summed E-state index contributed by atoms with van der Waals surface area (Å²) in [6, 6.07) is 0. The van der Waals surface area contributed by atoms with E-state index < -0.39 is 61.1 Å². The first kappa shape index (κ1) is 32.5. The Morgan fingerprint density at radius 3 is 1.92 bits per heavy atom. The van der Waals surface area contributed by atoms with Crippen molar-refractivity contribution in [3.63, 3.8) is 0 Å². The van der Waals surface area contributed by atoms with Gasteiger partial charge >= 0.3 is 17.9 Å². The standard InChI is InChI=1S/C20H37N5O12/c26-13(23-2-1-21-7-12-17(33)18(34)19(35)20(36)37-12)9-25(11-16(31)32)6-5-24(10-15(29)30)4-3-22-8-14(27)28/h12,17-22,33-36H,1-11H2,(H,23,26)(H,27,28)(H,29,30)(H,31,32)/t12?,17-,18?,19?,20+/m1/s1. The fourth-order valence-electron chi connectivity index (χ4n) is 3.48. The van der Waals surface area contributed by atoms with Gasteiger partial charge in [-0.05, 0) is 0 Å². The maximum Gasteiger partial charge on any atom is 0.317 e. The molecular weight excluding hydrogens is 502 g/mol. The largest absolute Gasteiger partial charge is 0.480 e. The summed E-state index contributed by atoms with van der Waals surface area (Å²) in [5.74, 6) is -3.84. The zero-order valence-corrected chi connectivity index (χ0v) is 20.2. The number of hydrogen-bond acceptors (Lipinski definition) is 13. The molecule has 0 aromatic carbocycles. The van der Waals surface area contributed by atoms with E-state index in [0.717, 1.165) is 0 Å². The summed E-state index contributed by atoms with van der Waals surface area (Å²) in [5.41, 5.74) is 0. The minimum atomic E-state index is -1.66. The van der Waals surface area contributed by atoms with E-state index in [-0.39, 0.29) is 65.4 Å². The normalized spacial score (nSPS) is 23.8. The van der Waals surface area contributed by atoms with E-state index in [1.165, 1.54) is 9.80 Å². The van der Waals surface area contributed by atoms with Crippen molar-refractivity contribution in [2.24, 2.45) is 0 Å². The monoisotopic (exact) mass is 539 g/mol. The van der Waals surface area contributed by atoms with Gasteiger partial charge in [-0.15, -0.1) is 0 Å². The molecule has 0 aliphatic carbocycles. The Balaban J connectivity index is 2.42. The van der Waals surface area contributed by atoms with Crippen LogP contribution >= 0.6 is 0 Å². The molecule has 0 saturated carbocycles. The predicted molar refractivity (Wildman–Crippen MR) is 123 cm³/mol. The third-order valence-electron chi connectivity index (χ3n) is 5.36. The van der Waals surface area contributed by atoms with Gasteiger partial charge in [0.1, 0.15) is 24.4 Å². The molecule has 3 unspecified atom stereocenters. The zero-order chi connectivity index (χ0) is 28.0. The van der Waals surface area contributed by atoms with Crippen LogP contribution in [0.3, 0.4) is 0 Å². The molecule has 214 valence electrons. The third-order valence-corrected chi connectivity index (χ3v) is 5.36. The maximum atomic E-state index is 12.3. The molecule has 5 atom stereocenters. The van der Waals surface area contributed by atoms with Gasteiger partial charge in [0.2, 0.25) is 5.91 Å². The second-order valence-electron chi connectivity index (χ2n) is 8.44. The molecule has 1 saturated heterocycles. The summed E-state index contributed by atoms with van der Waals surface area (Å²) in [5, 5.41) is 73.5. The lowest BCUT2D eigenvalue weighted by Gasteiger charge is -2.38. The molecular formula is C20H37N5O12. The lowest BCUT2D eigenvalue weighted by atomic mass is 9.99. The molecule has 0 aromatic rings. The van der Waals surface area contributed by atoms with Gasteiger partial charge in [-0.2, -0.15) is 0 Å². The number of amides is 1. The number of aliphatic hydroxyl groups excluding tert-OH is 4. The molecule has 0 spiro atoms. The number of carbonyl (C=O) groups excluding carboxylic acids is 1. The summed E-state index contributed by atoms with van der Waals surface area (Å²) < 4.78 is 5.02. The summed E-state index contributed by atoms with van der Waals surface area (Å²) in [6.07, 6.45) is -7.30. The van der Waals surface area contributed by atoms with Crippen LogP contribution in [0.25, 0.3) is 0 Å². The van der Waals surface area contributed by atoms with Gasteiger partial charge in [-0.3, -0.25) is 29.0 Å². The van der Waals surface area contributed by atoms with Crippen LogP contribution in [0.4, 0.5) is 0 Å². The molecule has 17 nitrogen and oxygen atoms in total. The molecule has 1 aliphatic rings. The topological polar surface area (TPSA) is 262 Å². The van der Waals surface area contributed by atoms with Crippen LogP contribution in [-0.4, -0.2) is 172 Å². The predicted octanol–water partition coefficient (Wildman–Crippen LogP) is -6.06. The number of nitrogens with one attached hydrogen (secondary N) is 3.